The van der Waals surface area contributed by atoms with Crippen LogP contribution in [0.4, 0.5) is 4.79 Å². The van der Waals surface area contributed by atoms with Crippen molar-refractivity contribution in [3.63, 3.8) is 0 Å². The molecule has 0 aromatic heterocycles. The van der Waals surface area contributed by atoms with Gasteiger partial charge in [0.15, 0.2) is 0 Å². The minimum atomic E-state index is -0.316. The van der Waals surface area contributed by atoms with Gasteiger partial charge in [-0.25, -0.2) is 4.79 Å². The fourth-order valence-corrected chi connectivity index (χ4v) is 2.86. The zero-order valence-electron chi connectivity index (χ0n) is 14.0. The first-order valence-corrected chi connectivity index (χ1v) is 8.42. The first kappa shape index (κ1) is 18.2. The molecule has 1 unspecified atom stereocenters. The van der Waals surface area contributed by atoms with Crippen molar-refractivity contribution in [2.75, 3.05) is 32.8 Å². The molecule has 3 N–H and O–H groups in total. The summed E-state index contributed by atoms with van der Waals surface area (Å²) in [5, 5.41) is 15.1. The van der Waals surface area contributed by atoms with E-state index in [9.17, 15) is 4.79 Å². The van der Waals surface area contributed by atoms with Gasteiger partial charge in [-0.15, -0.1) is 0 Å². The van der Waals surface area contributed by atoms with E-state index >= 15 is 0 Å². The van der Waals surface area contributed by atoms with Gasteiger partial charge in [0, 0.05) is 18.7 Å². The molecule has 0 bridgehead atoms. The molecule has 1 saturated heterocycles. The highest BCUT2D eigenvalue weighted by Crippen LogP contribution is 2.17. The predicted octanol–water partition coefficient (Wildman–Crippen LogP) is 1.96. The van der Waals surface area contributed by atoms with Crippen LogP contribution in [0.5, 0.6) is 0 Å². The largest absolute Gasteiger partial charge is 0.396 e. The van der Waals surface area contributed by atoms with Gasteiger partial charge < -0.3 is 20.6 Å². The van der Waals surface area contributed by atoms with Crippen LogP contribution >= 0.6 is 0 Å². The van der Waals surface area contributed by atoms with Gasteiger partial charge in [-0.05, 0) is 64.6 Å². The second-order valence-corrected chi connectivity index (χ2v) is 6.51. The van der Waals surface area contributed by atoms with E-state index in [0.717, 1.165) is 26.1 Å². The fourth-order valence-electron chi connectivity index (χ4n) is 2.86. The molecule has 1 atom stereocenters. The van der Waals surface area contributed by atoms with Gasteiger partial charge in [-0.3, -0.25) is 0 Å². The average molecular weight is 299 g/mol. The van der Waals surface area contributed by atoms with Gasteiger partial charge in [0.2, 0.25) is 0 Å². The molecule has 2 amide bonds. The van der Waals surface area contributed by atoms with Gasteiger partial charge in [-0.2, -0.15) is 0 Å². The quantitative estimate of drug-likeness (QED) is 0.642. The highest BCUT2D eigenvalue weighted by atomic mass is 16.3. The topological polar surface area (TPSA) is 64.6 Å². The number of nitrogens with zero attached hydrogens (tertiary/aromatic N) is 1. The van der Waals surface area contributed by atoms with E-state index < -0.39 is 0 Å². The minimum Gasteiger partial charge on any atom is -0.396 e. The minimum absolute atomic E-state index is 0.0977. The number of rotatable bonds is 8. The molecule has 0 aromatic rings. The molecule has 1 rings (SSSR count). The molecule has 1 aliphatic rings. The second-order valence-electron chi connectivity index (χ2n) is 6.51. The summed E-state index contributed by atoms with van der Waals surface area (Å²) in [4.78, 5) is 14.5. The Morgan fingerprint density at radius 2 is 2.00 bits per heavy atom. The van der Waals surface area contributed by atoms with Crippen LogP contribution in [0, 0.1) is 5.92 Å². The number of carbonyl (C=O) groups excluding carboxylic acids is 1. The number of piperidine rings is 1. The molecule has 21 heavy (non-hydrogen) atoms. The Balaban J connectivity index is 2.24. The second kappa shape index (κ2) is 9.26. The molecule has 0 spiro atoms. The number of hydrogen-bond acceptors (Lipinski definition) is 3. The highest BCUT2D eigenvalue weighted by Gasteiger charge is 2.24. The zero-order valence-corrected chi connectivity index (χ0v) is 14.0. The van der Waals surface area contributed by atoms with Gasteiger partial charge >= 0.3 is 6.03 Å². The number of carbonyl (C=O) groups is 1. The monoisotopic (exact) mass is 299 g/mol. The van der Waals surface area contributed by atoms with Crippen LogP contribution in [0.15, 0.2) is 0 Å². The molecule has 0 aromatic carbocycles. The Morgan fingerprint density at radius 1 is 1.33 bits per heavy atom. The van der Waals surface area contributed by atoms with E-state index in [4.69, 9.17) is 5.11 Å². The van der Waals surface area contributed by atoms with E-state index in [0.29, 0.717) is 12.3 Å². The maximum atomic E-state index is 12.0. The standard InChI is InChI=1S/C16H33N3O2/c1-4-9-19-10-6-14(7-11-19)13-17-15(21)18-16(3,5-2)8-12-20/h14,20H,4-13H2,1-3H3,(H2,17,18,21). The first-order chi connectivity index (χ1) is 10.0. The van der Waals surface area contributed by atoms with Crippen LogP contribution in [-0.4, -0.2) is 54.4 Å². The Hall–Kier alpha value is -0.810. The van der Waals surface area contributed by atoms with Gasteiger partial charge in [0.1, 0.15) is 0 Å². The van der Waals surface area contributed by atoms with Crippen molar-refractivity contribution < 1.29 is 9.90 Å². The van der Waals surface area contributed by atoms with Crippen molar-refractivity contribution >= 4 is 6.03 Å². The number of likely N-dealkylation sites (tertiary alicyclic amines) is 1. The van der Waals surface area contributed by atoms with E-state index in [1.54, 1.807) is 0 Å². The van der Waals surface area contributed by atoms with Gasteiger partial charge in [0.25, 0.3) is 0 Å². The SMILES string of the molecule is CCCN1CCC(CNC(=O)NC(C)(CC)CCO)CC1. The Kier molecular flexibility index (Phi) is 8.04. The lowest BCUT2D eigenvalue weighted by molar-refractivity contribution is 0.177. The van der Waals surface area contributed by atoms with Crippen LogP contribution in [0.2, 0.25) is 0 Å². The third-order valence-corrected chi connectivity index (χ3v) is 4.66. The lowest BCUT2D eigenvalue weighted by atomic mass is 9.95. The number of aliphatic hydroxyl groups is 1. The molecule has 0 aliphatic carbocycles. The molecule has 0 radical (unpaired) electrons. The Labute approximate surface area is 129 Å². The van der Waals surface area contributed by atoms with Gasteiger partial charge in [0.05, 0.1) is 0 Å². The van der Waals surface area contributed by atoms with E-state index in [1.807, 2.05) is 13.8 Å². The average Bonchev–Trinajstić information content (AvgIpc) is 2.47. The molecule has 1 heterocycles. The Morgan fingerprint density at radius 3 is 2.52 bits per heavy atom. The highest BCUT2D eigenvalue weighted by molar-refractivity contribution is 5.74. The maximum Gasteiger partial charge on any atom is 0.315 e. The van der Waals surface area contributed by atoms with Crippen molar-refractivity contribution in [1.29, 1.82) is 0 Å². The molecule has 1 fully saturated rings. The van der Waals surface area contributed by atoms with Crippen LogP contribution < -0.4 is 10.6 Å². The molecule has 0 saturated carbocycles. The fraction of sp³-hybridized carbons (Fsp3) is 0.938. The summed E-state index contributed by atoms with van der Waals surface area (Å²) in [6.45, 7) is 10.6. The summed E-state index contributed by atoms with van der Waals surface area (Å²) in [6.07, 6.45) is 4.96. The summed E-state index contributed by atoms with van der Waals surface area (Å²) in [5.41, 5.74) is -0.316. The summed E-state index contributed by atoms with van der Waals surface area (Å²) in [6, 6.07) is -0.108. The van der Waals surface area contributed by atoms with Crippen molar-refractivity contribution in [2.45, 2.75) is 58.4 Å². The number of urea groups is 1. The van der Waals surface area contributed by atoms with Crippen LogP contribution in [-0.2, 0) is 0 Å². The lowest BCUT2D eigenvalue weighted by Gasteiger charge is -2.32. The smallest absolute Gasteiger partial charge is 0.315 e. The normalized spacial score (nSPS) is 20.0. The summed E-state index contributed by atoms with van der Waals surface area (Å²) in [7, 11) is 0. The summed E-state index contributed by atoms with van der Waals surface area (Å²) in [5.74, 6) is 0.592. The number of aliphatic hydroxyl groups excluding tert-OH is 1. The molecule has 5 nitrogen and oxygen atoms in total. The number of nitrogens with one attached hydrogen (secondary N) is 2. The van der Waals surface area contributed by atoms with E-state index in [2.05, 4.69) is 22.5 Å². The third-order valence-electron chi connectivity index (χ3n) is 4.66. The molecular weight excluding hydrogens is 266 g/mol. The van der Waals surface area contributed by atoms with Crippen molar-refractivity contribution in [3.05, 3.63) is 0 Å². The van der Waals surface area contributed by atoms with Crippen LogP contribution in [0.1, 0.15) is 52.9 Å². The van der Waals surface area contributed by atoms with Gasteiger partial charge in [-0.1, -0.05) is 13.8 Å². The van der Waals surface area contributed by atoms with E-state index in [-0.39, 0.29) is 18.2 Å². The number of hydrogen-bond donors (Lipinski definition) is 3. The molecule has 124 valence electrons. The zero-order chi connectivity index (χ0) is 15.7. The van der Waals surface area contributed by atoms with E-state index in [1.165, 1.54) is 25.8 Å². The first-order valence-electron chi connectivity index (χ1n) is 8.42. The summed E-state index contributed by atoms with van der Waals surface area (Å²) < 4.78 is 0. The van der Waals surface area contributed by atoms with Crippen molar-refractivity contribution in [1.82, 2.24) is 15.5 Å². The lowest BCUT2D eigenvalue weighted by Crippen LogP contribution is -2.51. The van der Waals surface area contributed by atoms with Crippen molar-refractivity contribution in [2.24, 2.45) is 5.92 Å². The molecule has 1 aliphatic heterocycles. The molecular formula is C16H33N3O2. The molecule has 5 heteroatoms. The predicted molar refractivity (Wildman–Crippen MR) is 86.4 cm³/mol. The summed E-state index contributed by atoms with van der Waals surface area (Å²) >= 11 is 0. The Bertz CT molecular complexity index is 304. The maximum absolute atomic E-state index is 12.0. The van der Waals surface area contributed by atoms with Crippen LogP contribution in [0.25, 0.3) is 0 Å². The van der Waals surface area contributed by atoms with Crippen molar-refractivity contribution in [3.8, 4) is 0 Å². The van der Waals surface area contributed by atoms with Crippen LogP contribution in [0.3, 0.4) is 0 Å². The third kappa shape index (κ3) is 6.66. The number of amides is 2.